The average Bonchev–Trinajstić information content (AvgIpc) is 2.15. The second-order valence-electron chi connectivity index (χ2n) is 2.88. The summed E-state index contributed by atoms with van der Waals surface area (Å²) < 4.78 is 5.24. The van der Waals surface area contributed by atoms with Gasteiger partial charge in [0, 0.05) is 12.1 Å². The predicted octanol–water partition coefficient (Wildman–Crippen LogP) is 2.45. The summed E-state index contributed by atoms with van der Waals surface area (Å²) in [6.45, 7) is 2.91. The molecule has 0 aliphatic heterocycles. The van der Waals surface area contributed by atoms with Crippen molar-refractivity contribution in [3.8, 4) is 5.75 Å². The Morgan fingerprint density at radius 3 is 2.85 bits per heavy atom. The molecule has 1 aromatic carbocycles. The van der Waals surface area contributed by atoms with Crippen molar-refractivity contribution in [2.75, 3.05) is 12.6 Å². The van der Waals surface area contributed by atoms with Crippen molar-refractivity contribution in [1.29, 1.82) is 0 Å². The highest BCUT2D eigenvalue weighted by Gasteiger charge is 2.01. The number of alkyl halides is 1. The normalized spacial score (nSPS) is 10.1. The summed E-state index contributed by atoms with van der Waals surface area (Å²) >= 11 is 3.32. The number of nitrogens with one attached hydrogen (secondary N) is 1. The second kappa shape index (κ2) is 5.25. The summed E-state index contributed by atoms with van der Waals surface area (Å²) in [6, 6.07) is 6.19. The number of rotatable bonds is 4. The lowest BCUT2D eigenvalue weighted by Crippen LogP contribution is -2.10. The first-order valence-electron chi connectivity index (χ1n) is 4.18. The van der Waals surface area contributed by atoms with Gasteiger partial charge in [-0.25, -0.2) is 0 Å². The Hall–Kier alpha value is -0.540. The third-order valence-electron chi connectivity index (χ3n) is 1.85. The van der Waals surface area contributed by atoms with Gasteiger partial charge in [-0.2, -0.15) is 0 Å². The van der Waals surface area contributed by atoms with Gasteiger partial charge in [0.05, 0.1) is 12.6 Å². The van der Waals surface area contributed by atoms with Gasteiger partial charge in [0.25, 0.3) is 0 Å². The number of hydrogen-bond acceptors (Lipinski definition) is 2. The molecule has 0 atom stereocenters. The Bertz CT molecular complexity index is 276. The molecule has 1 rings (SSSR count). The Morgan fingerprint density at radius 1 is 1.46 bits per heavy atom. The highest BCUT2D eigenvalue weighted by Crippen LogP contribution is 2.19. The first kappa shape index (κ1) is 10.5. The molecular formula is C10H14BrNO. The number of methoxy groups -OCH3 is 1. The van der Waals surface area contributed by atoms with E-state index in [1.165, 1.54) is 11.1 Å². The zero-order valence-corrected chi connectivity index (χ0v) is 9.52. The summed E-state index contributed by atoms with van der Waals surface area (Å²) in [4.78, 5) is 0. The summed E-state index contributed by atoms with van der Waals surface area (Å²) in [6.07, 6.45) is 0. The smallest absolute Gasteiger partial charge is 0.123 e. The molecule has 0 fully saturated rings. The van der Waals surface area contributed by atoms with Crippen LogP contribution in [0.3, 0.4) is 0 Å². The molecule has 2 nitrogen and oxygen atoms in total. The van der Waals surface area contributed by atoms with Crippen LogP contribution < -0.4 is 10.1 Å². The summed E-state index contributed by atoms with van der Waals surface area (Å²) in [5, 5.41) is 3.20. The summed E-state index contributed by atoms with van der Waals surface area (Å²) in [5.74, 6) is 0.944. The molecule has 13 heavy (non-hydrogen) atoms. The van der Waals surface area contributed by atoms with E-state index in [0.717, 1.165) is 17.7 Å². The number of hydrogen-bond donors (Lipinski definition) is 1. The molecule has 0 bridgehead atoms. The van der Waals surface area contributed by atoms with E-state index in [2.05, 4.69) is 40.3 Å². The predicted molar refractivity (Wildman–Crippen MR) is 58.4 cm³/mol. The highest BCUT2D eigenvalue weighted by atomic mass is 79.9. The molecule has 0 aliphatic rings. The molecule has 0 spiro atoms. The maximum Gasteiger partial charge on any atom is 0.123 e. The highest BCUT2D eigenvalue weighted by molar-refractivity contribution is 9.09. The average molecular weight is 244 g/mol. The molecule has 0 saturated carbocycles. The van der Waals surface area contributed by atoms with Crippen LogP contribution in [0, 0.1) is 6.92 Å². The second-order valence-corrected chi connectivity index (χ2v) is 3.44. The van der Waals surface area contributed by atoms with Gasteiger partial charge in [0.15, 0.2) is 0 Å². The van der Waals surface area contributed by atoms with Crippen LogP contribution in [0.25, 0.3) is 0 Å². The van der Waals surface area contributed by atoms with Crippen molar-refractivity contribution < 1.29 is 4.74 Å². The van der Waals surface area contributed by atoms with Crippen LogP contribution in [0.5, 0.6) is 5.75 Å². The summed E-state index contributed by atoms with van der Waals surface area (Å²) in [7, 11) is 1.70. The SMILES string of the molecule is COc1ccc(C)cc1CNCBr. The fourth-order valence-electron chi connectivity index (χ4n) is 1.23. The Morgan fingerprint density at radius 2 is 2.23 bits per heavy atom. The standard InChI is InChI=1S/C10H14BrNO/c1-8-3-4-10(13-2)9(5-8)6-12-7-11/h3-5,12H,6-7H2,1-2H3. The van der Waals surface area contributed by atoms with Crippen LogP contribution in [0.2, 0.25) is 0 Å². The first-order chi connectivity index (χ1) is 6.27. The first-order valence-corrected chi connectivity index (χ1v) is 5.30. The third kappa shape index (κ3) is 3.01. The lowest BCUT2D eigenvalue weighted by Gasteiger charge is -2.09. The number of halogens is 1. The van der Waals surface area contributed by atoms with Crippen molar-refractivity contribution in [3.63, 3.8) is 0 Å². The molecule has 0 amide bonds. The van der Waals surface area contributed by atoms with Gasteiger partial charge in [-0.1, -0.05) is 33.6 Å². The number of aryl methyl sites for hydroxylation is 1. The minimum absolute atomic E-state index is 0.796. The van der Waals surface area contributed by atoms with Crippen LogP contribution in [0.1, 0.15) is 11.1 Å². The fraction of sp³-hybridized carbons (Fsp3) is 0.400. The molecule has 0 radical (unpaired) electrons. The monoisotopic (exact) mass is 243 g/mol. The molecule has 1 N–H and O–H groups in total. The topological polar surface area (TPSA) is 21.3 Å². The molecular weight excluding hydrogens is 230 g/mol. The van der Waals surface area contributed by atoms with E-state index >= 15 is 0 Å². The molecule has 0 unspecified atom stereocenters. The number of ether oxygens (including phenoxy) is 1. The fourth-order valence-corrected chi connectivity index (χ4v) is 1.43. The van der Waals surface area contributed by atoms with Crippen molar-refractivity contribution in [2.45, 2.75) is 13.5 Å². The van der Waals surface area contributed by atoms with E-state index < -0.39 is 0 Å². The van der Waals surface area contributed by atoms with Crippen molar-refractivity contribution in [2.24, 2.45) is 0 Å². The number of benzene rings is 1. The molecule has 0 aromatic heterocycles. The molecule has 72 valence electrons. The van der Waals surface area contributed by atoms with Crippen LogP contribution in [-0.4, -0.2) is 12.6 Å². The van der Waals surface area contributed by atoms with Gasteiger partial charge in [-0.05, 0) is 13.0 Å². The molecule has 1 aromatic rings. The van der Waals surface area contributed by atoms with E-state index in [1.807, 2.05) is 6.07 Å². The minimum Gasteiger partial charge on any atom is -0.496 e. The van der Waals surface area contributed by atoms with Crippen LogP contribution in [-0.2, 0) is 6.54 Å². The van der Waals surface area contributed by atoms with E-state index in [9.17, 15) is 0 Å². The maximum atomic E-state index is 5.24. The van der Waals surface area contributed by atoms with Crippen molar-refractivity contribution >= 4 is 15.9 Å². The van der Waals surface area contributed by atoms with Crippen LogP contribution in [0.15, 0.2) is 18.2 Å². The van der Waals surface area contributed by atoms with E-state index in [4.69, 9.17) is 4.74 Å². The van der Waals surface area contributed by atoms with Crippen LogP contribution >= 0.6 is 15.9 Å². The maximum absolute atomic E-state index is 5.24. The molecule has 0 heterocycles. The van der Waals surface area contributed by atoms with Crippen molar-refractivity contribution in [3.05, 3.63) is 29.3 Å². The Labute approximate surface area is 87.4 Å². The zero-order chi connectivity index (χ0) is 9.68. The largest absolute Gasteiger partial charge is 0.496 e. The van der Waals surface area contributed by atoms with E-state index in [-0.39, 0.29) is 0 Å². The Kier molecular flexibility index (Phi) is 4.25. The van der Waals surface area contributed by atoms with Gasteiger partial charge < -0.3 is 10.1 Å². The molecule has 3 heteroatoms. The van der Waals surface area contributed by atoms with Gasteiger partial charge in [0.1, 0.15) is 5.75 Å². The third-order valence-corrected chi connectivity index (χ3v) is 2.24. The van der Waals surface area contributed by atoms with Gasteiger partial charge in [0.2, 0.25) is 0 Å². The summed E-state index contributed by atoms with van der Waals surface area (Å²) in [5.41, 5.74) is 3.25. The van der Waals surface area contributed by atoms with Gasteiger partial charge >= 0.3 is 0 Å². The van der Waals surface area contributed by atoms with Gasteiger partial charge in [-0.3, -0.25) is 0 Å². The van der Waals surface area contributed by atoms with Crippen LogP contribution in [0.4, 0.5) is 0 Å². The van der Waals surface area contributed by atoms with E-state index in [0.29, 0.717) is 0 Å². The van der Waals surface area contributed by atoms with Gasteiger partial charge in [-0.15, -0.1) is 0 Å². The minimum atomic E-state index is 0.796. The lowest BCUT2D eigenvalue weighted by molar-refractivity contribution is 0.408. The lowest BCUT2D eigenvalue weighted by atomic mass is 10.1. The molecule has 0 saturated heterocycles. The van der Waals surface area contributed by atoms with Crippen molar-refractivity contribution in [1.82, 2.24) is 5.32 Å². The zero-order valence-electron chi connectivity index (χ0n) is 7.93. The quantitative estimate of drug-likeness (QED) is 0.648. The van der Waals surface area contributed by atoms with E-state index in [1.54, 1.807) is 7.11 Å². The molecule has 0 aliphatic carbocycles. The Balaban J connectivity index is 2.81.